The molecule has 0 radical (unpaired) electrons. The number of rotatable bonds is 12. The van der Waals surface area contributed by atoms with Crippen LogP contribution in [0.5, 0.6) is 0 Å². The van der Waals surface area contributed by atoms with Crippen molar-refractivity contribution in [1.82, 2.24) is 36.8 Å². The lowest BCUT2D eigenvalue weighted by atomic mass is 10.0. The zero-order valence-electron chi connectivity index (χ0n) is 32.3. The van der Waals surface area contributed by atoms with Crippen LogP contribution in [0.15, 0.2) is 72.9 Å². The van der Waals surface area contributed by atoms with Gasteiger partial charge in [-0.25, -0.2) is 0 Å². The summed E-state index contributed by atoms with van der Waals surface area (Å²) >= 11 is 1.44. The summed E-state index contributed by atoms with van der Waals surface area (Å²) in [6.07, 6.45) is 4.65. The van der Waals surface area contributed by atoms with E-state index < -0.39 is 90.1 Å². The molecule has 0 unspecified atom stereocenters. The number of nitrogens with two attached hydrogens (primary N) is 1. The summed E-state index contributed by atoms with van der Waals surface area (Å²) in [5.41, 5.74) is 6.75. The minimum atomic E-state index is -1.35. The molecule has 17 heteroatoms. The zero-order chi connectivity index (χ0) is 41.5. The van der Waals surface area contributed by atoms with Crippen LogP contribution in [0.1, 0.15) is 50.7 Å². The number of hydrogen-bond acceptors (Lipinski definition) is 9. The van der Waals surface area contributed by atoms with Gasteiger partial charge in [0.15, 0.2) is 0 Å². The highest BCUT2D eigenvalue weighted by atomic mass is 32.2. The number of carbonyl (C=O) groups excluding carboxylic acids is 8. The van der Waals surface area contributed by atoms with Crippen LogP contribution < -0.4 is 37.6 Å². The molecule has 0 aliphatic carbocycles. The van der Waals surface area contributed by atoms with Crippen LogP contribution in [0.4, 0.5) is 0 Å². The molecule has 8 N–H and O–H groups in total. The highest BCUT2D eigenvalue weighted by Gasteiger charge is 2.39. The lowest BCUT2D eigenvalue weighted by molar-refractivity contribution is -0.140. The summed E-state index contributed by atoms with van der Waals surface area (Å²) < 4.78 is 0. The zero-order valence-corrected chi connectivity index (χ0v) is 33.1. The van der Waals surface area contributed by atoms with Crippen LogP contribution in [0.3, 0.4) is 0 Å². The van der Waals surface area contributed by atoms with Crippen LogP contribution in [-0.2, 0) is 51.2 Å². The van der Waals surface area contributed by atoms with Crippen LogP contribution in [-0.4, -0.2) is 107 Å². The molecule has 2 heterocycles. The molecule has 2 bridgehead atoms. The Balaban J connectivity index is 1.74. The minimum absolute atomic E-state index is 0.0147. The van der Waals surface area contributed by atoms with E-state index in [1.165, 1.54) is 28.9 Å². The average Bonchev–Trinajstić information content (AvgIpc) is 3.54. The van der Waals surface area contributed by atoms with Gasteiger partial charge in [0.2, 0.25) is 41.4 Å². The number of fused-ring (bicyclic) bond motifs is 2. The van der Waals surface area contributed by atoms with Gasteiger partial charge >= 0.3 is 0 Å². The van der Waals surface area contributed by atoms with E-state index in [1.807, 2.05) is 20.1 Å². The molecule has 16 nitrogen and oxygen atoms in total. The Morgan fingerprint density at radius 1 is 0.719 bits per heavy atom. The van der Waals surface area contributed by atoms with Gasteiger partial charge < -0.3 is 42.5 Å². The van der Waals surface area contributed by atoms with Crippen molar-refractivity contribution in [3.8, 4) is 0 Å². The smallest absolute Gasteiger partial charge is 0.253 e. The summed E-state index contributed by atoms with van der Waals surface area (Å²) in [5, 5.41) is 16.0. The summed E-state index contributed by atoms with van der Waals surface area (Å²) in [5.74, 6) is -5.20. The second-order valence-corrected chi connectivity index (χ2v) is 15.4. The first kappa shape index (κ1) is 44.0. The second-order valence-electron chi connectivity index (χ2n) is 14.4. The number of thioether (sulfide) groups is 1. The molecule has 6 atom stereocenters. The Morgan fingerprint density at radius 2 is 1.25 bits per heavy atom. The Labute approximate surface area is 336 Å². The lowest BCUT2D eigenvalue weighted by Gasteiger charge is -2.30. The van der Waals surface area contributed by atoms with Crippen molar-refractivity contribution in [1.29, 1.82) is 0 Å². The predicted octanol–water partition coefficient (Wildman–Crippen LogP) is -0.185. The van der Waals surface area contributed by atoms with E-state index in [-0.39, 0.29) is 44.4 Å². The topological polar surface area (TPSA) is 238 Å². The van der Waals surface area contributed by atoms with Gasteiger partial charge in [0.25, 0.3) is 5.91 Å². The summed E-state index contributed by atoms with van der Waals surface area (Å²) in [7, 11) is 0. The monoisotopic (exact) mass is 804 g/mol. The molecule has 1 fully saturated rings. The number of nitrogens with zero attached hydrogens (tertiary/aromatic N) is 1. The molecule has 8 amide bonds. The first-order valence-corrected chi connectivity index (χ1v) is 20.3. The fourth-order valence-corrected chi connectivity index (χ4v) is 6.91. The number of amides is 8. The van der Waals surface area contributed by atoms with Crippen molar-refractivity contribution < 1.29 is 38.4 Å². The van der Waals surface area contributed by atoms with Gasteiger partial charge in [-0.2, -0.15) is 11.8 Å². The highest BCUT2D eigenvalue weighted by molar-refractivity contribution is 7.98. The maximum absolute atomic E-state index is 14.2. The molecule has 2 aliphatic heterocycles. The van der Waals surface area contributed by atoms with Crippen molar-refractivity contribution in [3.63, 3.8) is 0 Å². The molecular weight excluding hydrogens is 753 g/mol. The van der Waals surface area contributed by atoms with Crippen molar-refractivity contribution in [2.24, 2.45) is 11.7 Å². The van der Waals surface area contributed by atoms with Crippen LogP contribution in [0.2, 0.25) is 0 Å². The van der Waals surface area contributed by atoms with E-state index in [0.29, 0.717) is 16.9 Å². The second kappa shape index (κ2) is 21.6. The van der Waals surface area contributed by atoms with E-state index in [2.05, 4.69) is 31.9 Å². The highest BCUT2D eigenvalue weighted by Crippen LogP contribution is 2.20. The van der Waals surface area contributed by atoms with E-state index in [9.17, 15) is 38.4 Å². The minimum Gasteiger partial charge on any atom is -0.370 e. The molecule has 0 saturated carbocycles. The van der Waals surface area contributed by atoms with Crippen LogP contribution in [0.25, 0.3) is 0 Å². The molecule has 1 saturated heterocycles. The van der Waals surface area contributed by atoms with Crippen molar-refractivity contribution in [2.75, 3.05) is 18.6 Å². The van der Waals surface area contributed by atoms with Gasteiger partial charge in [0.1, 0.15) is 36.3 Å². The molecule has 2 aromatic rings. The lowest BCUT2D eigenvalue weighted by Crippen LogP contribution is -2.59. The third-order valence-electron chi connectivity index (χ3n) is 9.42. The van der Waals surface area contributed by atoms with Crippen LogP contribution >= 0.6 is 11.8 Å². The van der Waals surface area contributed by atoms with Gasteiger partial charge in [-0.15, -0.1) is 0 Å². The summed E-state index contributed by atoms with van der Waals surface area (Å²) in [6, 6.07) is 10.6. The predicted molar refractivity (Wildman–Crippen MR) is 214 cm³/mol. The normalized spacial score (nSPS) is 24.1. The number of primary amides is 1. The molecular formula is C40H52N8O8S. The molecule has 2 aliphatic rings. The Hall–Kier alpha value is -5.71. The first-order chi connectivity index (χ1) is 27.2. The average molecular weight is 805 g/mol. The van der Waals surface area contributed by atoms with E-state index in [4.69, 9.17) is 5.73 Å². The summed E-state index contributed by atoms with van der Waals surface area (Å²) in [6.45, 7) is 3.18. The molecule has 0 spiro atoms. The van der Waals surface area contributed by atoms with Gasteiger partial charge in [0.05, 0.1) is 6.54 Å². The van der Waals surface area contributed by atoms with Crippen molar-refractivity contribution >= 4 is 59.0 Å². The van der Waals surface area contributed by atoms with Crippen molar-refractivity contribution in [2.45, 2.75) is 88.6 Å². The number of hydrogen-bond donors (Lipinski definition) is 7. The molecule has 306 valence electrons. The first-order valence-electron chi connectivity index (χ1n) is 18.9. The number of benzene rings is 2. The van der Waals surface area contributed by atoms with Gasteiger partial charge in [-0.3, -0.25) is 38.4 Å². The number of nitrogens with one attached hydrogen (secondary N) is 6. The quantitative estimate of drug-likeness (QED) is 0.150. The SMILES string of the molecule is CSCC[C@@H]1NC(=O)[C@H](CC(C)C)N2C=C[C@@H](NC(=O)[C@H](Cc3ccccc3)NC(=O)[C@H](Cc3ccccc3)NC(=O)[C@H](CCC(N)=O)NC(=O)CNC1=O)C2=O. The molecule has 2 aromatic carbocycles. The third kappa shape index (κ3) is 13.5. The van der Waals surface area contributed by atoms with Crippen LogP contribution in [0, 0.1) is 5.92 Å². The Kier molecular flexibility index (Phi) is 16.6. The van der Waals surface area contributed by atoms with Gasteiger partial charge in [-0.05, 0) is 54.4 Å². The molecule has 0 aromatic heterocycles. The van der Waals surface area contributed by atoms with Gasteiger partial charge in [0, 0.05) is 25.5 Å². The fourth-order valence-electron chi connectivity index (χ4n) is 6.44. The Bertz CT molecular complexity index is 1790. The van der Waals surface area contributed by atoms with E-state index >= 15 is 0 Å². The van der Waals surface area contributed by atoms with E-state index in [0.717, 1.165) is 0 Å². The fraction of sp³-hybridized carbons (Fsp3) is 0.450. The standard InChI is InChI=1S/C40H52N8O8S/c1-24(2)20-32-39(55)44-28(17-19-57-3)35(51)42-23-34(50)43-27(14-15-33(41)49)36(52)46-31(22-26-12-8-5-9-13-26)38(54)47-30(21-25-10-6-4-7-11-25)37(53)45-29-16-18-48(32)40(29)56/h4-13,16,18,24,27-32H,14-15,17,19-23H2,1-3H3,(H2,41,49)(H,42,51)(H,43,50)(H,44,55)(H,45,53)(H,46,52)(H,47,54)/t27-,28-,29+,30-,31-,32-/m0/s1. The maximum atomic E-state index is 14.2. The molecule has 4 rings (SSSR count). The maximum Gasteiger partial charge on any atom is 0.253 e. The Morgan fingerprint density at radius 3 is 1.79 bits per heavy atom. The van der Waals surface area contributed by atoms with Gasteiger partial charge in [-0.1, -0.05) is 74.5 Å². The number of carbonyl (C=O) groups is 8. The van der Waals surface area contributed by atoms with E-state index in [1.54, 1.807) is 60.7 Å². The van der Waals surface area contributed by atoms with Crippen molar-refractivity contribution in [3.05, 3.63) is 84.1 Å². The largest absolute Gasteiger partial charge is 0.370 e. The third-order valence-corrected chi connectivity index (χ3v) is 10.1. The summed E-state index contributed by atoms with van der Waals surface area (Å²) in [4.78, 5) is 110. The molecule has 57 heavy (non-hydrogen) atoms.